The van der Waals surface area contributed by atoms with Gasteiger partial charge in [0.05, 0.1) is 43.7 Å². The predicted octanol–water partition coefficient (Wildman–Crippen LogP) is 6.82. The van der Waals surface area contributed by atoms with Gasteiger partial charge in [0.1, 0.15) is 5.92 Å². The van der Waals surface area contributed by atoms with E-state index in [0.717, 1.165) is 67.4 Å². The molecule has 3 aromatic rings. The van der Waals surface area contributed by atoms with Crippen molar-refractivity contribution in [3.63, 3.8) is 0 Å². The maximum atomic E-state index is 13.7. The average Bonchev–Trinajstić information content (AvgIpc) is 3.07. The number of carbonyl (C=O) groups excluding carboxylic acids is 2. The van der Waals surface area contributed by atoms with Crippen LogP contribution >= 0.6 is 23.2 Å². The van der Waals surface area contributed by atoms with Gasteiger partial charge in [-0.15, -0.1) is 0 Å². The number of aliphatic imine (C=N–C) groups is 1. The number of nitrogens with zero attached hydrogens (tertiary/aromatic N) is 2. The summed E-state index contributed by atoms with van der Waals surface area (Å²) in [5, 5.41) is 5.88. The Balaban J connectivity index is 1.24. The number of rotatable bonds is 14. The minimum atomic E-state index is -0.916. The van der Waals surface area contributed by atoms with Crippen LogP contribution in [-0.2, 0) is 36.6 Å². The number of carbonyl (C=O) groups is 2. The molecular formula is C36H42Cl2N4O5. The van der Waals surface area contributed by atoms with Gasteiger partial charge in [0.2, 0.25) is 0 Å². The third-order valence-corrected chi connectivity index (χ3v) is 9.29. The van der Waals surface area contributed by atoms with Crippen molar-refractivity contribution in [1.29, 1.82) is 0 Å². The van der Waals surface area contributed by atoms with Gasteiger partial charge in [0.25, 0.3) is 0 Å². The molecule has 2 heterocycles. The molecule has 0 saturated carbocycles. The van der Waals surface area contributed by atoms with Crippen molar-refractivity contribution >= 4 is 57.4 Å². The van der Waals surface area contributed by atoms with Crippen molar-refractivity contribution in [3.8, 4) is 0 Å². The minimum absolute atomic E-state index is 0.0669. The fourth-order valence-electron chi connectivity index (χ4n) is 6.51. The van der Waals surface area contributed by atoms with E-state index < -0.39 is 23.8 Å². The van der Waals surface area contributed by atoms with Gasteiger partial charge in [0.15, 0.2) is 0 Å². The Morgan fingerprint density at radius 2 is 1.85 bits per heavy atom. The number of esters is 2. The number of allylic oxidation sites excluding steroid dienone is 1. The van der Waals surface area contributed by atoms with Crippen LogP contribution in [0, 0.1) is 5.92 Å². The fourth-order valence-corrected chi connectivity index (χ4v) is 6.93. The van der Waals surface area contributed by atoms with Gasteiger partial charge >= 0.3 is 11.9 Å². The van der Waals surface area contributed by atoms with Gasteiger partial charge in [0, 0.05) is 51.5 Å². The lowest BCUT2D eigenvalue weighted by Gasteiger charge is -2.32. The Bertz CT molecular complexity index is 1670. The Morgan fingerprint density at radius 1 is 1.04 bits per heavy atom. The number of nitrogens with one attached hydrogen (secondary N) is 1. The molecule has 1 aromatic heterocycles. The number of ether oxygens (including phenoxy) is 3. The van der Waals surface area contributed by atoms with Crippen LogP contribution in [0.4, 0.5) is 5.69 Å². The molecule has 0 fully saturated rings. The molecule has 1 aliphatic heterocycles. The van der Waals surface area contributed by atoms with E-state index in [1.165, 1.54) is 12.7 Å². The Morgan fingerprint density at radius 3 is 2.64 bits per heavy atom. The van der Waals surface area contributed by atoms with E-state index in [1.807, 2.05) is 24.3 Å². The molecule has 9 nitrogen and oxygen atoms in total. The first-order valence-electron chi connectivity index (χ1n) is 16.2. The van der Waals surface area contributed by atoms with Crippen molar-refractivity contribution in [1.82, 2.24) is 4.98 Å². The van der Waals surface area contributed by atoms with E-state index in [-0.39, 0.29) is 18.8 Å². The first-order valence-corrected chi connectivity index (χ1v) is 17.0. The van der Waals surface area contributed by atoms with Crippen molar-refractivity contribution in [3.05, 3.63) is 80.6 Å². The minimum Gasteiger partial charge on any atom is -0.468 e. The summed E-state index contributed by atoms with van der Waals surface area (Å²) in [4.78, 5) is 36.4. The van der Waals surface area contributed by atoms with E-state index in [2.05, 4.69) is 10.3 Å². The van der Waals surface area contributed by atoms with Gasteiger partial charge in [-0.2, -0.15) is 0 Å². The van der Waals surface area contributed by atoms with Crippen LogP contribution in [0.1, 0.15) is 61.8 Å². The zero-order valence-corrected chi connectivity index (χ0v) is 28.5. The zero-order valence-electron chi connectivity index (χ0n) is 27.0. The van der Waals surface area contributed by atoms with E-state index in [4.69, 9.17) is 48.1 Å². The van der Waals surface area contributed by atoms with Crippen molar-refractivity contribution < 1.29 is 23.8 Å². The molecule has 47 heavy (non-hydrogen) atoms. The molecule has 2 unspecified atom stereocenters. The lowest BCUT2D eigenvalue weighted by atomic mass is 9.75. The maximum absolute atomic E-state index is 13.7. The highest BCUT2D eigenvalue weighted by Gasteiger charge is 2.44. The summed E-state index contributed by atoms with van der Waals surface area (Å²) in [7, 11) is 1.31. The highest BCUT2D eigenvalue weighted by molar-refractivity contribution is 6.32. The van der Waals surface area contributed by atoms with Gasteiger partial charge in [-0.3, -0.25) is 14.8 Å². The molecule has 0 saturated heterocycles. The topological polar surface area (TPSA) is 125 Å². The van der Waals surface area contributed by atoms with Gasteiger partial charge < -0.3 is 25.3 Å². The highest BCUT2D eigenvalue weighted by Crippen LogP contribution is 2.42. The van der Waals surface area contributed by atoms with Crippen molar-refractivity contribution in [2.75, 3.05) is 45.3 Å². The number of anilines is 1. The summed E-state index contributed by atoms with van der Waals surface area (Å²) in [6.07, 6.45) is 6.76. The summed E-state index contributed by atoms with van der Waals surface area (Å²) in [6, 6.07) is 13.0. The number of nitrogens with two attached hydrogens (primary N) is 1. The first kappa shape index (κ1) is 34.8. The predicted molar refractivity (Wildman–Crippen MR) is 186 cm³/mol. The molecule has 0 radical (unpaired) electrons. The third-order valence-electron chi connectivity index (χ3n) is 8.71. The highest BCUT2D eigenvalue weighted by atomic mass is 35.5. The lowest BCUT2D eigenvalue weighted by Crippen LogP contribution is -2.39. The zero-order chi connectivity index (χ0) is 33.3. The standard InChI is InChI=1S/C36H42Cl2N4O5/c1-22-31(32(24-10-4-6-12-27(24)38)33(35(43)45-2)30(41-22)21-46-19-16-39)36(44)47-18-9-3-8-17-40-34-25-11-5-7-13-28(25)42-29-20-23(37)14-15-26(29)34/h4,6,10,12,14-15,20,32-33H,3,5,7-9,11,13,16-19,21,39H2,1-2H3,(H,40,42). The normalized spacial score (nSPS) is 17.7. The van der Waals surface area contributed by atoms with E-state index in [0.29, 0.717) is 46.6 Å². The van der Waals surface area contributed by atoms with Crippen LogP contribution in [0.2, 0.25) is 10.0 Å². The summed E-state index contributed by atoms with van der Waals surface area (Å²) >= 11 is 12.9. The molecule has 2 aliphatic rings. The second-order valence-corrected chi connectivity index (χ2v) is 12.7. The summed E-state index contributed by atoms with van der Waals surface area (Å²) in [6.45, 7) is 3.44. The number of aryl methyl sites for hydroxylation is 1. The second-order valence-electron chi connectivity index (χ2n) is 11.8. The number of pyridine rings is 1. The van der Waals surface area contributed by atoms with E-state index in [9.17, 15) is 9.59 Å². The lowest BCUT2D eigenvalue weighted by molar-refractivity contribution is -0.144. The Hall–Kier alpha value is -3.50. The van der Waals surface area contributed by atoms with Crippen LogP contribution < -0.4 is 11.1 Å². The van der Waals surface area contributed by atoms with Crippen LogP contribution in [0.3, 0.4) is 0 Å². The fraction of sp³-hybridized carbons (Fsp3) is 0.444. The largest absolute Gasteiger partial charge is 0.468 e. The SMILES string of the molecule is COC(=O)C1C(COCCN)=NC(C)=C(C(=O)OCCCCCNc2c3c(nc4cc(Cl)ccc24)CCCC3)C1c1ccccc1Cl. The van der Waals surface area contributed by atoms with E-state index >= 15 is 0 Å². The molecule has 0 spiro atoms. The number of hydrogen-bond donors (Lipinski definition) is 2. The average molecular weight is 682 g/mol. The van der Waals surface area contributed by atoms with Crippen LogP contribution in [-0.4, -0.2) is 62.7 Å². The molecule has 3 N–H and O–H groups in total. The molecule has 2 aromatic carbocycles. The quantitative estimate of drug-likeness (QED) is 0.140. The monoisotopic (exact) mass is 680 g/mol. The number of aromatic nitrogens is 1. The molecular weight excluding hydrogens is 639 g/mol. The van der Waals surface area contributed by atoms with Crippen LogP contribution in [0.15, 0.2) is 58.7 Å². The Kier molecular flexibility index (Phi) is 12.3. The number of benzene rings is 2. The molecule has 1 aliphatic carbocycles. The molecule has 11 heteroatoms. The van der Waals surface area contributed by atoms with Gasteiger partial charge in [-0.05, 0) is 87.3 Å². The van der Waals surface area contributed by atoms with Crippen molar-refractivity contribution in [2.45, 2.75) is 57.8 Å². The van der Waals surface area contributed by atoms with Gasteiger partial charge in [-0.25, -0.2) is 4.79 Å². The maximum Gasteiger partial charge on any atom is 0.336 e. The summed E-state index contributed by atoms with van der Waals surface area (Å²) < 4.78 is 16.6. The number of fused-ring (bicyclic) bond motifs is 2. The Labute approximate surface area is 285 Å². The van der Waals surface area contributed by atoms with Crippen LogP contribution in [0.25, 0.3) is 10.9 Å². The van der Waals surface area contributed by atoms with E-state index in [1.54, 1.807) is 25.1 Å². The summed E-state index contributed by atoms with van der Waals surface area (Å²) in [5.41, 5.74) is 11.9. The third kappa shape index (κ3) is 8.15. The number of halogens is 2. The molecule has 0 bridgehead atoms. The number of methoxy groups -OCH3 is 1. The molecule has 250 valence electrons. The first-order chi connectivity index (χ1) is 22.8. The van der Waals surface area contributed by atoms with Gasteiger partial charge in [-0.1, -0.05) is 41.4 Å². The molecule has 0 amide bonds. The summed E-state index contributed by atoms with van der Waals surface area (Å²) in [5.74, 6) is -2.74. The van der Waals surface area contributed by atoms with Crippen molar-refractivity contribution in [2.24, 2.45) is 16.6 Å². The number of hydrogen-bond acceptors (Lipinski definition) is 9. The molecule has 5 rings (SSSR count). The number of unbranched alkanes of at least 4 members (excludes halogenated alkanes) is 2. The van der Waals surface area contributed by atoms with Crippen LogP contribution in [0.5, 0.6) is 0 Å². The second kappa shape index (κ2) is 16.6. The smallest absolute Gasteiger partial charge is 0.336 e. The molecule has 2 atom stereocenters.